The Balaban J connectivity index is 1.33. The summed E-state index contributed by atoms with van der Waals surface area (Å²) in [6.07, 6.45) is 5.85. The number of aromatic nitrogens is 3. The first kappa shape index (κ1) is 21.5. The van der Waals surface area contributed by atoms with E-state index >= 15 is 0 Å². The number of hydrogen-bond donors (Lipinski definition) is 0. The minimum Gasteiger partial charge on any atom is -0.497 e. The quantitative estimate of drug-likeness (QED) is 0.364. The van der Waals surface area contributed by atoms with Gasteiger partial charge in [0.05, 0.1) is 30.9 Å². The second-order valence-electron chi connectivity index (χ2n) is 8.18. The van der Waals surface area contributed by atoms with Crippen molar-refractivity contribution in [3.05, 3.63) is 83.7 Å². The molecule has 1 aliphatic rings. The number of hydrogen-bond acceptors (Lipinski definition) is 5. The minimum atomic E-state index is 0.139. The predicted molar refractivity (Wildman–Crippen MR) is 131 cm³/mol. The van der Waals surface area contributed by atoms with E-state index in [2.05, 4.69) is 21.7 Å². The Hall–Kier alpha value is -3.32. The number of methoxy groups -OCH3 is 1. The molecule has 1 saturated heterocycles. The number of benzene rings is 2. The lowest BCUT2D eigenvalue weighted by molar-refractivity contribution is 0.0793. The van der Waals surface area contributed by atoms with Crippen LogP contribution < -0.4 is 4.74 Å². The van der Waals surface area contributed by atoms with Gasteiger partial charge in [-0.1, -0.05) is 36.0 Å². The first-order valence-electron chi connectivity index (χ1n) is 11.2. The zero-order valence-corrected chi connectivity index (χ0v) is 19.4. The fraction of sp³-hybridized carbons (Fsp3) is 0.269. The normalized spacial score (nSPS) is 13.5. The number of thioether (sulfide) groups is 1. The van der Waals surface area contributed by atoms with Crippen molar-refractivity contribution < 1.29 is 9.53 Å². The molecule has 0 saturated carbocycles. The van der Waals surface area contributed by atoms with Crippen molar-refractivity contribution in [1.82, 2.24) is 19.4 Å². The summed E-state index contributed by atoms with van der Waals surface area (Å²) in [5, 5.41) is 0.950. The molecular formula is C26H26N4O2S. The van der Waals surface area contributed by atoms with Gasteiger partial charge in [-0.25, -0.2) is 4.98 Å². The maximum Gasteiger partial charge on any atom is 0.253 e. The SMILES string of the molecule is COc1ccc(Cn2c(SCc3ccc(C(=O)N4CCCC4)cc3)nc3ccncc32)cc1. The Labute approximate surface area is 197 Å². The van der Waals surface area contributed by atoms with E-state index < -0.39 is 0 Å². The number of fused-ring (bicyclic) bond motifs is 1. The summed E-state index contributed by atoms with van der Waals surface area (Å²) >= 11 is 1.70. The number of carbonyl (C=O) groups excluding carboxylic acids is 1. The van der Waals surface area contributed by atoms with Gasteiger partial charge in [0.25, 0.3) is 5.91 Å². The lowest BCUT2D eigenvalue weighted by atomic mass is 10.1. The van der Waals surface area contributed by atoms with E-state index in [1.54, 1.807) is 25.1 Å². The van der Waals surface area contributed by atoms with Crippen LogP contribution in [0.4, 0.5) is 0 Å². The van der Waals surface area contributed by atoms with Crippen LogP contribution in [0.5, 0.6) is 5.75 Å². The number of imidazole rings is 1. The molecule has 7 heteroatoms. The number of likely N-dealkylation sites (tertiary alicyclic amines) is 1. The van der Waals surface area contributed by atoms with Gasteiger partial charge in [-0.05, 0) is 54.3 Å². The molecule has 0 bridgehead atoms. The predicted octanol–water partition coefficient (Wildman–Crippen LogP) is 5.02. The van der Waals surface area contributed by atoms with E-state index in [1.165, 1.54) is 11.1 Å². The molecule has 2 aromatic carbocycles. The molecule has 1 amide bonds. The van der Waals surface area contributed by atoms with Gasteiger partial charge < -0.3 is 14.2 Å². The summed E-state index contributed by atoms with van der Waals surface area (Å²) in [5.41, 5.74) is 5.06. The zero-order chi connectivity index (χ0) is 22.6. The highest BCUT2D eigenvalue weighted by molar-refractivity contribution is 7.98. The van der Waals surface area contributed by atoms with Crippen LogP contribution in [0.2, 0.25) is 0 Å². The van der Waals surface area contributed by atoms with Crippen LogP contribution in [0, 0.1) is 0 Å². The molecule has 0 atom stereocenters. The van der Waals surface area contributed by atoms with Crippen LogP contribution >= 0.6 is 11.8 Å². The highest BCUT2D eigenvalue weighted by Gasteiger charge is 2.19. The molecule has 6 nitrogen and oxygen atoms in total. The van der Waals surface area contributed by atoms with E-state index in [4.69, 9.17) is 9.72 Å². The smallest absolute Gasteiger partial charge is 0.253 e. The summed E-state index contributed by atoms with van der Waals surface area (Å²) in [4.78, 5) is 23.7. The molecule has 5 rings (SSSR count). The Morgan fingerprint density at radius 1 is 1.00 bits per heavy atom. The first-order chi connectivity index (χ1) is 16.2. The summed E-state index contributed by atoms with van der Waals surface area (Å²) in [5.74, 6) is 1.76. The fourth-order valence-corrected chi connectivity index (χ4v) is 5.09. The van der Waals surface area contributed by atoms with E-state index in [1.807, 2.05) is 53.6 Å². The molecule has 0 unspecified atom stereocenters. The third kappa shape index (κ3) is 4.73. The van der Waals surface area contributed by atoms with Gasteiger partial charge in [-0.2, -0.15) is 0 Å². The highest BCUT2D eigenvalue weighted by Crippen LogP contribution is 2.28. The third-order valence-electron chi connectivity index (χ3n) is 5.98. The highest BCUT2D eigenvalue weighted by atomic mass is 32.2. The van der Waals surface area contributed by atoms with Crippen molar-refractivity contribution in [3.8, 4) is 5.75 Å². The standard InChI is InChI=1S/C26H26N4O2S/c1-32-22-10-6-19(7-11-22)17-30-24-16-27-13-12-23(24)28-26(30)33-18-20-4-8-21(9-5-20)25(31)29-14-2-3-15-29/h4-13,16H,2-3,14-15,17-18H2,1H3. The Bertz CT molecular complexity index is 1250. The van der Waals surface area contributed by atoms with Crippen molar-refractivity contribution in [1.29, 1.82) is 0 Å². The number of carbonyl (C=O) groups is 1. The van der Waals surface area contributed by atoms with E-state index in [-0.39, 0.29) is 5.91 Å². The average molecular weight is 459 g/mol. The lowest BCUT2D eigenvalue weighted by Gasteiger charge is -2.15. The summed E-state index contributed by atoms with van der Waals surface area (Å²) in [6.45, 7) is 2.45. The Morgan fingerprint density at radius 3 is 2.45 bits per heavy atom. The molecule has 1 fully saturated rings. The molecule has 0 radical (unpaired) electrons. The van der Waals surface area contributed by atoms with Gasteiger partial charge in [0.1, 0.15) is 5.75 Å². The van der Waals surface area contributed by atoms with Crippen LogP contribution in [0.15, 0.2) is 72.1 Å². The van der Waals surface area contributed by atoms with Crippen molar-refractivity contribution >= 4 is 28.7 Å². The van der Waals surface area contributed by atoms with Gasteiger partial charge in [0.15, 0.2) is 5.16 Å². The zero-order valence-electron chi connectivity index (χ0n) is 18.6. The minimum absolute atomic E-state index is 0.139. The summed E-state index contributed by atoms with van der Waals surface area (Å²) < 4.78 is 7.49. The number of amides is 1. The van der Waals surface area contributed by atoms with Crippen LogP contribution in [0.1, 0.15) is 34.3 Å². The van der Waals surface area contributed by atoms with Gasteiger partial charge >= 0.3 is 0 Å². The largest absolute Gasteiger partial charge is 0.497 e. The molecular weight excluding hydrogens is 432 g/mol. The average Bonchev–Trinajstić information content (AvgIpc) is 3.52. The van der Waals surface area contributed by atoms with Crippen molar-refractivity contribution in [3.63, 3.8) is 0 Å². The molecule has 1 aliphatic heterocycles. The van der Waals surface area contributed by atoms with Crippen LogP contribution in [-0.2, 0) is 12.3 Å². The molecule has 2 aromatic heterocycles. The van der Waals surface area contributed by atoms with Crippen molar-refractivity contribution in [2.45, 2.75) is 30.3 Å². The number of nitrogens with zero attached hydrogens (tertiary/aromatic N) is 4. The Morgan fingerprint density at radius 2 is 1.73 bits per heavy atom. The maximum absolute atomic E-state index is 12.6. The molecule has 0 spiro atoms. The first-order valence-corrected chi connectivity index (χ1v) is 12.1. The molecule has 168 valence electrons. The lowest BCUT2D eigenvalue weighted by Crippen LogP contribution is -2.27. The molecule has 3 heterocycles. The topological polar surface area (TPSA) is 60.2 Å². The van der Waals surface area contributed by atoms with Gasteiger partial charge in [-0.3, -0.25) is 9.78 Å². The van der Waals surface area contributed by atoms with E-state index in [9.17, 15) is 4.79 Å². The van der Waals surface area contributed by atoms with Crippen molar-refractivity contribution in [2.24, 2.45) is 0 Å². The molecule has 33 heavy (non-hydrogen) atoms. The van der Waals surface area contributed by atoms with Crippen LogP contribution in [0.25, 0.3) is 11.0 Å². The second kappa shape index (κ2) is 9.67. The molecule has 0 N–H and O–H groups in total. The summed E-state index contributed by atoms with van der Waals surface area (Å²) in [6, 6.07) is 18.0. The van der Waals surface area contributed by atoms with E-state index in [0.717, 1.165) is 59.2 Å². The monoisotopic (exact) mass is 458 g/mol. The van der Waals surface area contributed by atoms with Gasteiger partial charge in [-0.15, -0.1) is 0 Å². The third-order valence-corrected chi connectivity index (χ3v) is 7.02. The van der Waals surface area contributed by atoms with Crippen molar-refractivity contribution in [2.75, 3.05) is 20.2 Å². The summed E-state index contributed by atoms with van der Waals surface area (Å²) in [7, 11) is 1.67. The number of pyridine rings is 1. The van der Waals surface area contributed by atoms with Crippen LogP contribution in [-0.4, -0.2) is 45.5 Å². The van der Waals surface area contributed by atoms with Gasteiger partial charge in [0.2, 0.25) is 0 Å². The number of rotatable bonds is 7. The van der Waals surface area contributed by atoms with E-state index in [0.29, 0.717) is 6.54 Å². The second-order valence-corrected chi connectivity index (χ2v) is 9.12. The molecule has 4 aromatic rings. The van der Waals surface area contributed by atoms with Gasteiger partial charge in [0, 0.05) is 30.6 Å². The number of ether oxygens (including phenoxy) is 1. The maximum atomic E-state index is 12.6. The molecule has 0 aliphatic carbocycles. The fourth-order valence-electron chi connectivity index (χ4n) is 4.12. The Kier molecular flexibility index (Phi) is 6.30. The van der Waals surface area contributed by atoms with Crippen LogP contribution in [0.3, 0.4) is 0 Å².